The van der Waals surface area contributed by atoms with Crippen molar-refractivity contribution in [3.05, 3.63) is 54.3 Å². The fraction of sp³-hybridized carbons (Fsp3) is 0.278. The predicted molar refractivity (Wildman–Crippen MR) is 91.9 cm³/mol. The molecule has 144 valence electrons. The number of carbonyl (C=O) groups excluding carboxylic acids is 1. The standard InChI is InChI=1S/C18H17F4N3O2/c19-14-1-3-15(4-2-14)23-9-11-24(12-10-23)25(13-26)16-5-7-17(8-6-16)27-18(20,21)22/h1-8,13H,9-12H2. The van der Waals surface area contributed by atoms with Gasteiger partial charge in [0.25, 0.3) is 0 Å². The lowest BCUT2D eigenvalue weighted by Gasteiger charge is -2.40. The summed E-state index contributed by atoms with van der Waals surface area (Å²) in [5.41, 5.74) is 1.33. The summed E-state index contributed by atoms with van der Waals surface area (Å²) in [6.07, 6.45) is -4.14. The maximum Gasteiger partial charge on any atom is 0.573 e. The molecule has 0 bridgehead atoms. The average molecular weight is 383 g/mol. The Morgan fingerprint density at radius 1 is 0.926 bits per heavy atom. The fourth-order valence-electron chi connectivity index (χ4n) is 2.91. The number of halogens is 4. The molecule has 27 heavy (non-hydrogen) atoms. The molecule has 0 aromatic heterocycles. The third-order valence-corrected chi connectivity index (χ3v) is 4.19. The number of hydrogen-bond donors (Lipinski definition) is 0. The molecule has 1 fully saturated rings. The number of anilines is 2. The number of hydrogen-bond acceptors (Lipinski definition) is 4. The van der Waals surface area contributed by atoms with Crippen molar-refractivity contribution < 1.29 is 27.1 Å². The molecule has 2 aromatic carbocycles. The van der Waals surface area contributed by atoms with Gasteiger partial charge in [-0.05, 0) is 48.5 Å². The number of ether oxygens (including phenoxy) is 1. The van der Waals surface area contributed by atoms with E-state index >= 15 is 0 Å². The number of piperazine rings is 1. The number of carbonyl (C=O) groups is 1. The lowest BCUT2D eigenvalue weighted by Crippen LogP contribution is -2.53. The van der Waals surface area contributed by atoms with E-state index in [9.17, 15) is 22.4 Å². The zero-order valence-electron chi connectivity index (χ0n) is 14.2. The largest absolute Gasteiger partial charge is 0.573 e. The molecule has 0 N–H and O–H groups in total. The molecule has 1 saturated heterocycles. The smallest absolute Gasteiger partial charge is 0.406 e. The molecule has 0 spiro atoms. The molecule has 2 aromatic rings. The lowest BCUT2D eigenvalue weighted by molar-refractivity contribution is -0.274. The minimum atomic E-state index is -4.76. The first kappa shape index (κ1) is 19.0. The normalized spacial score (nSPS) is 15.5. The van der Waals surface area contributed by atoms with E-state index in [0.29, 0.717) is 38.3 Å². The van der Waals surface area contributed by atoms with Crippen LogP contribution in [0.25, 0.3) is 0 Å². The molecular weight excluding hydrogens is 366 g/mol. The predicted octanol–water partition coefficient (Wildman–Crippen LogP) is 3.42. The molecule has 1 aliphatic heterocycles. The Balaban J connectivity index is 1.63. The average Bonchev–Trinajstić information content (AvgIpc) is 2.64. The summed E-state index contributed by atoms with van der Waals surface area (Å²) < 4.78 is 53.6. The Labute approximate surface area is 153 Å². The summed E-state index contributed by atoms with van der Waals surface area (Å²) in [4.78, 5) is 13.6. The van der Waals surface area contributed by atoms with E-state index in [4.69, 9.17) is 0 Å². The van der Waals surface area contributed by atoms with Crippen LogP contribution in [0.2, 0.25) is 0 Å². The second-order valence-electron chi connectivity index (χ2n) is 5.91. The Morgan fingerprint density at radius 3 is 2.04 bits per heavy atom. The summed E-state index contributed by atoms with van der Waals surface area (Å²) in [7, 11) is 0. The Kier molecular flexibility index (Phi) is 5.50. The van der Waals surface area contributed by atoms with Crippen LogP contribution >= 0.6 is 0 Å². The van der Waals surface area contributed by atoms with Gasteiger partial charge in [0.05, 0.1) is 5.69 Å². The van der Waals surface area contributed by atoms with Gasteiger partial charge in [0.1, 0.15) is 11.6 Å². The van der Waals surface area contributed by atoms with Crippen molar-refractivity contribution in [1.82, 2.24) is 5.01 Å². The SMILES string of the molecule is O=CN(c1ccc(OC(F)(F)F)cc1)N1CCN(c2ccc(F)cc2)CC1. The second kappa shape index (κ2) is 7.83. The number of benzene rings is 2. The molecule has 1 amide bonds. The Morgan fingerprint density at radius 2 is 1.52 bits per heavy atom. The minimum absolute atomic E-state index is 0.303. The van der Waals surface area contributed by atoms with Gasteiger partial charge in [-0.25, -0.2) is 14.4 Å². The maximum absolute atomic E-state index is 13.0. The van der Waals surface area contributed by atoms with Gasteiger partial charge in [-0.15, -0.1) is 13.2 Å². The molecule has 0 atom stereocenters. The third-order valence-electron chi connectivity index (χ3n) is 4.19. The van der Waals surface area contributed by atoms with E-state index in [-0.39, 0.29) is 11.6 Å². The van der Waals surface area contributed by atoms with Crippen molar-refractivity contribution in [3.63, 3.8) is 0 Å². The lowest BCUT2D eigenvalue weighted by atomic mass is 10.2. The van der Waals surface area contributed by atoms with E-state index in [1.165, 1.54) is 29.3 Å². The summed E-state index contributed by atoms with van der Waals surface area (Å²) >= 11 is 0. The van der Waals surface area contributed by atoms with Crippen molar-refractivity contribution in [2.24, 2.45) is 0 Å². The van der Waals surface area contributed by atoms with Crippen molar-refractivity contribution in [2.45, 2.75) is 6.36 Å². The highest BCUT2D eigenvalue weighted by molar-refractivity contribution is 5.74. The van der Waals surface area contributed by atoms with Crippen LogP contribution in [0.15, 0.2) is 48.5 Å². The van der Waals surface area contributed by atoms with E-state index < -0.39 is 6.36 Å². The topological polar surface area (TPSA) is 36.0 Å². The first-order valence-corrected chi connectivity index (χ1v) is 8.21. The zero-order chi connectivity index (χ0) is 19.4. The first-order valence-electron chi connectivity index (χ1n) is 8.21. The number of rotatable bonds is 5. The van der Waals surface area contributed by atoms with Crippen molar-refractivity contribution in [3.8, 4) is 5.75 Å². The highest BCUT2D eigenvalue weighted by atomic mass is 19.4. The molecule has 5 nitrogen and oxygen atoms in total. The van der Waals surface area contributed by atoms with Gasteiger partial charge in [0, 0.05) is 31.9 Å². The minimum Gasteiger partial charge on any atom is -0.406 e. The van der Waals surface area contributed by atoms with E-state index in [1.54, 1.807) is 17.1 Å². The molecule has 1 aliphatic rings. The maximum atomic E-state index is 13.0. The van der Waals surface area contributed by atoms with Crippen LogP contribution in [-0.2, 0) is 4.79 Å². The Hall–Kier alpha value is -2.81. The van der Waals surface area contributed by atoms with Crippen molar-refractivity contribution in [1.29, 1.82) is 0 Å². The number of nitrogens with zero attached hydrogens (tertiary/aromatic N) is 3. The summed E-state index contributed by atoms with van der Waals surface area (Å²) in [5.74, 6) is -0.652. The van der Waals surface area contributed by atoms with E-state index in [1.807, 2.05) is 0 Å². The van der Waals surface area contributed by atoms with Gasteiger partial charge in [0.15, 0.2) is 0 Å². The van der Waals surface area contributed by atoms with Crippen LogP contribution in [0.3, 0.4) is 0 Å². The number of hydrazine groups is 1. The van der Waals surface area contributed by atoms with Crippen LogP contribution in [0.4, 0.5) is 28.9 Å². The highest BCUT2D eigenvalue weighted by Gasteiger charge is 2.31. The van der Waals surface area contributed by atoms with Crippen LogP contribution < -0.4 is 14.6 Å². The molecular formula is C18H17F4N3O2. The van der Waals surface area contributed by atoms with Crippen LogP contribution in [0.1, 0.15) is 0 Å². The van der Waals surface area contributed by atoms with E-state index in [2.05, 4.69) is 9.64 Å². The molecule has 9 heteroatoms. The Bertz CT molecular complexity index is 758. The number of amides is 1. The van der Waals surface area contributed by atoms with Crippen LogP contribution in [0.5, 0.6) is 5.75 Å². The second-order valence-corrected chi connectivity index (χ2v) is 5.91. The van der Waals surface area contributed by atoms with Crippen LogP contribution in [-0.4, -0.2) is 44.0 Å². The van der Waals surface area contributed by atoms with Gasteiger partial charge in [-0.1, -0.05) is 0 Å². The van der Waals surface area contributed by atoms with Gasteiger partial charge in [-0.3, -0.25) is 4.79 Å². The number of alkyl halides is 3. The van der Waals surface area contributed by atoms with Crippen molar-refractivity contribution in [2.75, 3.05) is 36.1 Å². The summed E-state index contributed by atoms with van der Waals surface area (Å²) in [6.45, 7) is 2.28. The quantitative estimate of drug-likeness (QED) is 0.586. The molecule has 0 unspecified atom stereocenters. The van der Waals surface area contributed by atoms with Gasteiger partial charge in [0.2, 0.25) is 6.41 Å². The van der Waals surface area contributed by atoms with Gasteiger partial charge < -0.3 is 9.64 Å². The molecule has 1 heterocycles. The fourth-order valence-corrected chi connectivity index (χ4v) is 2.91. The zero-order valence-corrected chi connectivity index (χ0v) is 14.2. The highest BCUT2D eigenvalue weighted by Crippen LogP contribution is 2.26. The monoisotopic (exact) mass is 383 g/mol. The molecule has 3 rings (SSSR count). The third kappa shape index (κ3) is 4.88. The summed E-state index contributed by atoms with van der Waals surface area (Å²) in [6, 6.07) is 11.3. The van der Waals surface area contributed by atoms with Gasteiger partial charge in [-0.2, -0.15) is 0 Å². The van der Waals surface area contributed by atoms with Gasteiger partial charge >= 0.3 is 6.36 Å². The molecule has 0 saturated carbocycles. The van der Waals surface area contributed by atoms with E-state index in [0.717, 1.165) is 17.8 Å². The molecule has 0 aliphatic carbocycles. The van der Waals surface area contributed by atoms with Crippen molar-refractivity contribution >= 4 is 17.8 Å². The van der Waals surface area contributed by atoms with Crippen LogP contribution in [0, 0.1) is 5.82 Å². The molecule has 0 radical (unpaired) electrons. The summed E-state index contributed by atoms with van der Waals surface area (Å²) in [5, 5.41) is 3.16. The first-order chi connectivity index (χ1) is 12.9.